The first-order valence-corrected chi connectivity index (χ1v) is 11.2. The molecule has 1 N–H and O–H groups in total. The van der Waals surface area contributed by atoms with E-state index in [0.29, 0.717) is 38.3 Å². The largest absolute Gasteiger partial charge is 0.494 e. The Kier molecular flexibility index (Phi) is 7.28. The van der Waals surface area contributed by atoms with Crippen LogP contribution in [0, 0.1) is 5.92 Å². The van der Waals surface area contributed by atoms with Crippen LogP contribution in [0.25, 0.3) is 0 Å². The second kappa shape index (κ2) is 9.06. The first-order chi connectivity index (χ1) is 12.7. The van der Waals surface area contributed by atoms with Crippen LogP contribution in [0.2, 0.25) is 0 Å². The van der Waals surface area contributed by atoms with Crippen molar-refractivity contribution < 1.29 is 17.9 Å². The number of carbonyl (C=O) groups is 1. The molecule has 0 bridgehead atoms. The molecule has 2 rings (SSSR count). The van der Waals surface area contributed by atoms with Gasteiger partial charge in [0.15, 0.2) is 0 Å². The lowest BCUT2D eigenvalue weighted by atomic mass is 9.93. The summed E-state index contributed by atoms with van der Waals surface area (Å²) in [5.41, 5.74) is -0.225. The Hall–Kier alpha value is -1.60. The summed E-state index contributed by atoms with van der Waals surface area (Å²) >= 11 is 0. The van der Waals surface area contributed by atoms with Gasteiger partial charge in [-0.15, -0.1) is 0 Å². The number of benzene rings is 1. The molecule has 1 aromatic rings. The molecule has 7 heteroatoms. The van der Waals surface area contributed by atoms with Gasteiger partial charge in [-0.2, -0.15) is 4.31 Å². The second-order valence-corrected chi connectivity index (χ2v) is 9.64. The first-order valence-electron chi connectivity index (χ1n) is 9.74. The monoisotopic (exact) mass is 396 g/mol. The summed E-state index contributed by atoms with van der Waals surface area (Å²) in [6, 6.07) is 6.50. The van der Waals surface area contributed by atoms with Crippen molar-refractivity contribution in [2.45, 2.75) is 63.8 Å². The molecule has 1 aliphatic heterocycles. The number of piperidine rings is 1. The fourth-order valence-electron chi connectivity index (χ4n) is 3.50. The summed E-state index contributed by atoms with van der Waals surface area (Å²) in [6.45, 7) is 9.30. The Bertz CT molecular complexity index is 721. The van der Waals surface area contributed by atoms with Gasteiger partial charge in [0.1, 0.15) is 5.75 Å². The van der Waals surface area contributed by atoms with Gasteiger partial charge in [0.2, 0.25) is 15.9 Å². The van der Waals surface area contributed by atoms with E-state index in [9.17, 15) is 13.2 Å². The quantitative estimate of drug-likeness (QED) is 0.732. The third-order valence-electron chi connectivity index (χ3n) is 4.93. The van der Waals surface area contributed by atoms with Crippen molar-refractivity contribution in [3.63, 3.8) is 0 Å². The highest BCUT2D eigenvalue weighted by molar-refractivity contribution is 7.89. The minimum absolute atomic E-state index is 0.0339. The molecule has 0 aromatic heterocycles. The third-order valence-corrected chi connectivity index (χ3v) is 6.85. The van der Waals surface area contributed by atoms with E-state index in [2.05, 4.69) is 12.2 Å². The van der Waals surface area contributed by atoms with Gasteiger partial charge in [0.25, 0.3) is 0 Å². The molecule has 0 unspecified atom stereocenters. The molecule has 0 atom stereocenters. The van der Waals surface area contributed by atoms with Gasteiger partial charge in [-0.1, -0.05) is 13.3 Å². The van der Waals surface area contributed by atoms with Crippen LogP contribution >= 0.6 is 0 Å². The summed E-state index contributed by atoms with van der Waals surface area (Å²) in [4.78, 5) is 12.8. The van der Waals surface area contributed by atoms with Crippen molar-refractivity contribution in [2.24, 2.45) is 5.92 Å². The fraction of sp³-hybridized carbons (Fsp3) is 0.650. The molecule has 27 heavy (non-hydrogen) atoms. The normalized spacial score (nSPS) is 16.9. The number of ether oxygens (including phenoxy) is 1. The molecule has 0 spiro atoms. The lowest BCUT2D eigenvalue weighted by molar-refractivity contribution is -0.127. The van der Waals surface area contributed by atoms with E-state index in [0.717, 1.165) is 12.8 Å². The highest BCUT2D eigenvalue weighted by atomic mass is 32.2. The van der Waals surface area contributed by atoms with E-state index in [1.807, 2.05) is 20.8 Å². The zero-order valence-electron chi connectivity index (χ0n) is 16.8. The predicted octanol–water partition coefficient (Wildman–Crippen LogP) is 3.18. The maximum Gasteiger partial charge on any atom is 0.243 e. The van der Waals surface area contributed by atoms with Gasteiger partial charge in [0.05, 0.1) is 11.5 Å². The Morgan fingerprint density at radius 3 is 2.30 bits per heavy atom. The molecule has 1 saturated heterocycles. The summed E-state index contributed by atoms with van der Waals surface area (Å²) in [7, 11) is -3.54. The highest BCUT2D eigenvalue weighted by Crippen LogP contribution is 2.26. The van der Waals surface area contributed by atoms with Crippen LogP contribution in [-0.4, -0.2) is 43.9 Å². The fourth-order valence-corrected chi connectivity index (χ4v) is 4.97. The van der Waals surface area contributed by atoms with Gasteiger partial charge >= 0.3 is 0 Å². The number of nitrogens with zero attached hydrogens (tertiary/aromatic N) is 1. The van der Waals surface area contributed by atoms with Crippen LogP contribution in [0.5, 0.6) is 5.75 Å². The number of amides is 1. The van der Waals surface area contributed by atoms with Crippen molar-refractivity contribution in [3.8, 4) is 5.75 Å². The van der Waals surface area contributed by atoms with E-state index in [1.54, 1.807) is 24.3 Å². The Morgan fingerprint density at radius 1 is 1.19 bits per heavy atom. The van der Waals surface area contributed by atoms with E-state index < -0.39 is 10.0 Å². The molecule has 1 fully saturated rings. The van der Waals surface area contributed by atoms with Crippen LogP contribution in [0.3, 0.4) is 0 Å². The standard InChI is InChI=1S/C20H32N2O4S/c1-5-13-20(3,4)21-19(23)16-11-14-22(15-12-16)27(24,25)18-9-7-17(8-10-18)26-6-2/h7-10,16H,5-6,11-15H2,1-4H3,(H,21,23). The van der Waals surface area contributed by atoms with E-state index in [4.69, 9.17) is 4.74 Å². The van der Waals surface area contributed by atoms with Crippen LogP contribution in [-0.2, 0) is 14.8 Å². The van der Waals surface area contributed by atoms with E-state index in [1.165, 1.54) is 4.31 Å². The minimum Gasteiger partial charge on any atom is -0.494 e. The maximum atomic E-state index is 12.8. The third kappa shape index (κ3) is 5.69. The zero-order chi connectivity index (χ0) is 20.1. The van der Waals surface area contributed by atoms with Crippen LogP contribution in [0.4, 0.5) is 0 Å². The summed E-state index contributed by atoms with van der Waals surface area (Å²) < 4.78 is 32.5. The van der Waals surface area contributed by atoms with Gasteiger partial charge in [0, 0.05) is 24.5 Å². The lowest BCUT2D eigenvalue weighted by Crippen LogP contribution is -2.49. The van der Waals surface area contributed by atoms with Crippen LogP contribution in [0.1, 0.15) is 53.4 Å². The number of rotatable bonds is 8. The second-order valence-electron chi connectivity index (χ2n) is 7.71. The van der Waals surface area contributed by atoms with Gasteiger partial charge in [-0.3, -0.25) is 4.79 Å². The molecule has 1 aliphatic rings. The van der Waals surface area contributed by atoms with E-state index in [-0.39, 0.29) is 22.3 Å². The van der Waals surface area contributed by atoms with Crippen LogP contribution in [0.15, 0.2) is 29.2 Å². The van der Waals surface area contributed by atoms with Gasteiger partial charge in [-0.25, -0.2) is 8.42 Å². The summed E-state index contributed by atoms with van der Waals surface area (Å²) in [6.07, 6.45) is 3.02. The molecule has 0 saturated carbocycles. The van der Waals surface area contributed by atoms with Crippen molar-refractivity contribution in [2.75, 3.05) is 19.7 Å². The van der Waals surface area contributed by atoms with Gasteiger partial charge < -0.3 is 10.1 Å². The van der Waals surface area contributed by atoms with Crippen LogP contribution < -0.4 is 10.1 Å². The summed E-state index contributed by atoms with van der Waals surface area (Å²) in [5.74, 6) is 0.556. The Morgan fingerprint density at radius 2 is 1.78 bits per heavy atom. The number of hydrogen-bond donors (Lipinski definition) is 1. The molecule has 1 aromatic carbocycles. The Labute approximate surface area is 163 Å². The molecule has 0 radical (unpaired) electrons. The van der Waals surface area contributed by atoms with E-state index >= 15 is 0 Å². The minimum atomic E-state index is -3.54. The molecular weight excluding hydrogens is 364 g/mol. The SMILES string of the molecule is CCCC(C)(C)NC(=O)C1CCN(S(=O)(=O)c2ccc(OCC)cc2)CC1. The smallest absolute Gasteiger partial charge is 0.243 e. The molecular formula is C20H32N2O4S. The van der Waals surface area contributed by atoms with Crippen molar-refractivity contribution >= 4 is 15.9 Å². The highest BCUT2D eigenvalue weighted by Gasteiger charge is 2.33. The van der Waals surface area contributed by atoms with Crippen molar-refractivity contribution in [3.05, 3.63) is 24.3 Å². The average molecular weight is 397 g/mol. The lowest BCUT2D eigenvalue weighted by Gasteiger charge is -2.33. The molecule has 1 amide bonds. The molecule has 0 aliphatic carbocycles. The first kappa shape index (κ1) is 21.7. The topological polar surface area (TPSA) is 75.7 Å². The average Bonchev–Trinajstić information content (AvgIpc) is 2.62. The Balaban J connectivity index is 1.96. The zero-order valence-corrected chi connectivity index (χ0v) is 17.6. The summed E-state index contributed by atoms with van der Waals surface area (Å²) in [5, 5.41) is 3.11. The number of sulfonamides is 1. The van der Waals surface area contributed by atoms with Crippen molar-refractivity contribution in [1.82, 2.24) is 9.62 Å². The van der Waals surface area contributed by atoms with Gasteiger partial charge in [-0.05, 0) is 64.3 Å². The molecule has 152 valence electrons. The predicted molar refractivity (Wildman–Crippen MR) is 106 cm³/mol. The maximum absolute atomic E-state index is 12.8. The number of hydrogen-bond acceptors (Lipinski definition) is 4. The molecule has 6 nitrogen and oxygen atoms in total. The number of carbonyl (C=O) groups excluding carboxylic acids is 1. The van der Waals surface area contributed by atoms with Crippen molar-refractivity contribution in [1.29, 1.82) is 0 Å². The number of nitrogens with one attached hydrogen (secondary N) is 1. The molecule has 1 heterocycles.